The highest BCUT2D eigenvalue weighted by Gasteiger charge is 2.29. The molecule has 1 aromatic carbocycles. The van der Waals surface area contributed by atoms with Crippen LogP contribution in [0.15, 0.2) is 18.2 Å². The fraction of sp³-hybridized carbons (Fsp3) is 0.619. The predicted molar refractivity (Wildman–Crippen MR) is 106 cm³/mol. The van der Waals surface area contributed by atoms with Gasteiger partial charge in [-0.2, -0.15) is 0 Å². The van der Waals surface area contributed by atoms with Crippen molar-refractivity contribution in [2.75, 3.05) is 44.2 Å². The summed E-state index contributed by atoms with van der Waals surface area (Å²) in [6.07, 6.45) is 2.85. The molecule has 0 radical (unpaired) electrons. The molecule has 1 aliphatic heterocycles. The lowest BCUT2D eigenvalue weighted by Gasteiger charge is -2.37. The van der Waals surface area contributed by atoms with E-state index in [1.165, 1.54) is 16.8 Å². The molecule has 1 heterocycles. The first-order valence-corrected chi connectivity index (χ1v) is 9.88. The number of unbranched alkanes of at least 4 members (excludes halogenated alkanes) is 1. The van der Waals surface area contributed by atoms with Gasteiger partial charge in [0.15, 0.2) is 0 Å². The Morgan fingerprint density at radius 3 is 2.31 bits per heavy atom. The lowest BCUT2D eigenvalue weighted by Crippen LogP contribution is -2.53. The first-order chi connectivity index (χ1) is 12.5. The standard InChI is InChI=1S/C21H33N3O2/c1-5-7-12-23(11-6-2)20(25)21(26)24-15-13-22(14-16-24)19-10-8-9-17(3)18(19)4/h8-10H,5-7,11-16H2,1-4H3. The average molecular weight is 360 g/mol. The Hall–Kier alpha value is -2.04. The molecule has 0 bridgehead atoms. The Balaban J connectivity index is 1.96. The average Bonchev–Trinajstić information content (AvgIpc) is 2.66. The quantitative estimate of drug-likeness (QED) is 0.734. The summed E-state index contributed by atoms with van der Waals surface area (Å²) in [5, 5.41) is 0. The SMILES string of the molecule is CCCCN(CCC)C(=O)C(=O)N1CCN(c2cccc(C)c2C)CC1. The monoisotopic (exact) mass is 359 g/mol. The van der Waals surface area contributed by atoms with E-state index in [0.717, 1.165) is 32.4 Å². The van der Waals surface area contributed by atoms with Crippen molar-refractivity contribution in [2.24, 2.45) is 0 Å². The molecule has 0 atom stereocenters. The van der Waals surface area contributed by atoms with E-state index in [1.54, 1.807) is 9.80 Å². The highest BCUT2D eigenvalue weighted by atomic mass is 16.2. The Bertz CT molecular complexity index is 622. The largest absolute Gasteiger partial charge is 0.368 e. The number of amides is 2. The van der Waals surface area contributed by atoms with Gasteiger partial charge in [0, 0.05) is 45.0 Å². The molecule has 5 heteroatoms. The lowest BCUT2D eigenvalue weighted by atomic mass is 10.1. The van der Waals surface area contributed by atoms with Gasteiger partial charge >= 0.3 is 11.8 Å². The number of hydrogen-bond acceptors (Lipinski definition) is 3. The third kappa shape index (κ3) is 4.77. The van der Waals surface area contributed by atoms with E-state index in [4.69, 9.17) is 0 Å². The molecular formula is C21H33N3O2. The van der Waals surface area contributed by atoms with Crippen LogP contribution < -0.4 is 4.90 Å². The predicted octanol–water partition coefficient (Wildman–Crippen LogP) is 2.99. The molecule has 0 aromatic heterocycles. The Labute approximate surface area is 158 Å². The number of carbonyl (C=O) groups is 2. The van der Waals surface area contributed by atoms with Crippen molar-refractivity contribution < 1.29 is 9.59 Å². The van der Waals surface area contributed by atoms with Crippen LogP contribution in [0, 0.1) is 13.8 Å². The first kappa shape index (κ1) is 20.3. The van der Waals surface area contributed by atoms with Gasteiger partial charge in [-0.05, 0) is 43.9 Å². The molecule has 0 spiro atoms. The number of anilines is 1. The number of piperazine rings is 1. The fourth-order valence-electron chi connectivity index (χ4n) is 3.43. The first-order valence-electron chi connectivity index (χ1n) is 9.88. The Kier molecular flexibility index (Phi) is 7.49. The molecule has 2 amide bonds. The molecular weight excluding hydrogens is 326 g/mol. The van der Waals surface area contributed by atoms with Gasteiger partial charge in [-0.15, -0.1) is 0 Å². The number of hydrogen-bond donors (Lipinski definition) is 0. The molecule has 144 valence electrons. The number of rotatable bonds is 6. The van der Waals surface area contributed by atoms with Crippen LogP contribution >= 0.6 is 0 Å². The molecule has 1 fully saturated rings. The van der Waals surface area contributed by atoms with Crippen LogP contribution in [0.2, 0.25) is 0 Å². The fourth-order valence-corrected chi connectivity index (χ4v) is 3.43. The van der Waals surface area contributed by atoms with Crippen LogP contribution in [0.25, 0.3) is 0 Å². The van der Waals surface area contributed by atoms with Gasteiger partial charge in [0.2, 0.25) is 0 Å². The molecule has 0 N–H and O–H groups in total. The zero-order valence-electron chi connectivity index (χ0n) is 16.8. The van der Waals surface area contributed by atoms with Crippen molar-refractivity contribution in [2.45, 2.75) is 47.0 Å². The van der Waals surface area contributed by atoms with Crippen molar-refractivity contribution >= 4 is 17.5 Å². The van der Waals surface area contributed by atoms with Gasteiger partial charge in [0.1, 0.15) is 0 Å². The molecule has 1 aromatic rings. The van der Waals surface area contributed by atoms with Crippen LogP contribution in [0.3, 0.4) is 0 Å². The second-order valence-corrected chi connectivity index (χ2v) is 7.14. The van der Waals surface area contributed by atoms with E-state index in [-0.39, 0.29) is 11.8 Å². The lowest BCUT2D eigenvalue weighted by molar-refractivity contribution is -0.152. The third-order valence-electron chi connectivity index (χ3n) is 5.23. The molecule has 0 aliphatic carbocycles. The van der Waals surface area contributed by atoms with E-state index in [0.29, 0.717) is 26.2 Å². The minimum absolute atomic E-state index is 0.333. The van der Waals surface area contributed by atoms with Crippen LogP contribution in [0.4, 0.5) is 5.69 Å². The minimum atomic E-state index is -0.338. The van der Waals surface area contributed by atoms with Crippen molar-refractivity contribution in [1.29, 1.82) is 0 Å². The van der Waals surface area contributed by atoms with Crippen molar-refractivity contribution in [3.8, 4) is 0 Å². The molecule has 0 saturated carbocycles. The summed E-state index contributed by atoms with van der Waals surface area (Å²) in [6.45, 7) is 12.5. The topological polar surface area (TPSA) is 43.9 Å². The van der Waals surface area contributed by atoms with E-state index < -0.39 is 0 Å². The maximum absolute atomic E-state index is 12.7. The number of benzene rings is 1. The number of carbonyl (C=O) groups excluding carboxylic acids is 2. The van der Waals surface area contributed by atoms with E-state index >= 15 is 0 Å². The maximum atomic E-state index is 12.7. The third-order valence-corrected chi connectivity index (χ3v) is 5.23. The highest BCUT2D eigenvalue weighted by Crippen LogP contribution is 2.23. The van der Waals surface area contributed by atoms with Crippen LogP contribution in [-0.2, 0) is 9.59 Å². The highest BCUT2D eigenvalue weighted by molar-refractivity contribution is 6.34. The summed E-state index contributed by atoms with van der Waals surface area (Å²) >= 11 is 0. The van der Waals surface area contributed by atoms with Gasteiger partial charge in [0.05, 0.1) is 0 Å². The Morgan fingerprint density at radius 1 is 1.00 bits per heavy atom. The zero-order valence-corrected chi connectivity index (χ0v) is 16.8. The van der Waals surface area contributed by atoms with Crippen molar-refractivity contribution in [3.63, 3.8) is 0 Å². The van der Waals surface area contributed by atoms with Crippen molar-refractivity contribution in [1.82, 2.24) is 9.80 Å². The summed E-state index contributed by atoms with van der Waals surface area (Å²) < 4.78 is 0. The Morgan fingerprint density at radius 2 is 1.69 bits per heavy atom. The second kappa shape index (κ2) is 9.60. The van der Waals surface area contributed by atoms with Gasteiger partial charge in [-0.25, -0.2) is 0 Å². The molecule has 1 saturated heterocycles. The van der Waals surface area contributed by atoms with Crippen molar-refractivity contribution in [3.05, 3.63) is 29.3 Å². The minimum Gasteiger partial charge on any atom is -0.368 e. The van der Waals surface area contributed by atoms with Gasteiger partial charge in [0.25, 0.3) is 0 Å². The summed E-state index contributed by atoms with van der Waals surface area (Å²) in [5.41, 5.74) is 3.80. The number of aryl methyl sites for hydroxylation is 1. The maximum Gasteiger partial charge on any atom is 0.312 e. The number of nitrogens with zero attached hydrogens (tertiary/aromatic N) is 3. The summed E-state index contributed by atoms with van der Waals surface area (Å²) in [4.78, 5) is 31.0. The van der Waals surface area contributed by atoms with E-state index in [1.807, 2.05) is 6.92 Å². The molecule has 26 heavy (non-hydrogen) atoms. The zero-order chi connectivity index (χ0) is 19.1. The van der Waals surface area contributed by atoms with Gasteiger partial charge in [-0.1, -0.05) is 32.4 Å². The van der Waals surface area contributed by atoms with Crippen LogP contribution in [-0.4, -0.2) is 60.9 Å². The van der Waals surface area contributed by atoms with Gasteiger partial charge in [-0.3, -0.25) is 9.59 Å². The summed E-state index contributed by atoms with van der Waals surface area (Å²) in [5.74, 6) is -0.671. The van der Waals surface area contributed by atoms with Gasteiger partial charge < -0.3 is 14.7 Å². The normalized spacial score (nSPS) is 14.5. The molecule has 2 rings (SSSR count). The molecule has 5 nitrogen and oxygen atoms in total. The molecule has 0 unspecified atom stereocenters. The summed E-state index contributed by atoms with van der Waals surface area (Å²) in [6, 6.07) is 6.34. The van der Waals surface area contributed by atoms with E-state index in [9.17, 15) is 9.59 Å². The summed E-state index contributed by atoms with van der Waals surface area (Å²) in [7, 11) is 0. The van der Waals surface area contributed by atoms with Crippen LogP contribution in [0.5, 0.6) is 0 Å². The van der Waals surface area contributed by atoms with Crippen LogP contribution in [0.1, 0.15) is 44.2 Å². The second-order valence-electron chi connectivity index (χ2n) is 7.14. The molecule has 1 aliphatic rings. The smallest absolute Gasteiger partial charge is 0.312 e. The van der Waals surface area contributed by atoms with E-state index in [2.05, 4.69) is 43.9 Å².